The number of hydrogen-bond donors (Lipinski definition) is 0. The number of halogens is 1. The lowest BCUT2D eigenvalue weighted by molar-refractivity contribution is -0.133. The minimum Gasteiger partial charge on any atom is -0.459 e. The van der Waals surface area contributed by atoms with Gasteiger partial charge in [-0.15, -0.1) is 0 Å². The molecule has 0 aliphatic heterocycles. The van der Waals surface area contributed by atoms with Gasteiger partial charge in [0.2, 0.25) is 0 Å². The van der Waals surface area contributed by atoms with Gasteiger partial charge in [0.25, 0.3) is 0 Å². The van der Waals surface area contributed by atoms with Gasteiger partial charge in [0.15, 0.2) is 0 Å². The number of esters is 1. The van der Waals surface area contributed by atoms with E-state index in [-0.39, 0.29) is 0 Å². The Kier molecular flexibility index (Phi) is 3.22. The number of rotatable bonds is 0. The molecule has 0 amide bonds. The highest BCUT2D eigenvalue weighted by Gasteiger charge is 2.01. The Morgan fingerprint density at radius 2 is 2.24 bits per heavy atom. The van der Waals surface area contributed by atoms with Crippen LogP contribution >= 0.6 is 11.6 Å². The molecule has 1 aromatic carbocycles. The summed E-state index contributed by atoms with van der Waals surface area (Å²) in [4.78, 5) is 18.8. The van der Waals surface area contributed by atoms with Gasteiger partial charge in [0.1, 0.15) is 11.5 Å². The van der Waals surface area contributed by atoms with E-state index >= 15 is 0 Å². The maximum atomic E-state index is 10.9. The third-order valence-corrected chi connectivity index (χ3v) is 2.38. The molecular weight excluding hydrogens is 240 g/mol. The summed E-state index contributed by atoms with van der Waals surface area (Å²) in [5.41, 5.74) is 1.38. The number of methoxy groups -OCH3 is 1. The van der Waals surface area contributed by atoms with Crippen molar-refractivity contribution in [1.29, 1.82) is 0 Å². The van der Waals surface area contributed by atoms with Crippen LogP contribution in [0.15, 0.2) is 24.5 Å². The zero-order valence-electron chi connectivity index (χ0n) is 8.90. The number of ether oxygens (including phenoxy) is 1. The van der Waals surface area contributed by atoms with Crippen LogP contribution in [0.4, 0.5) is 0 Å². The summed E-state index contributed by atoms with van der Waals surface area (Å²) >= 11 is 5.93. The molecule has 0 unspecified atom stereocenters. The topological polar surface area (TPSA) is 52.1 Å². The van der Waals surface area contributed by atoms with Gasteiger partial charge in [0, 0.05) is 16.9 Å². The molecule has 0 spiro atoms. The van der Waals surface area contributed by atoms with Gasteiger partial charge in [0.05, 0.1) is 12.6 Å². The van der Waals surface area contributed by atoms with Gasteiger partial charge in [-0.2, -0.15) is 0 Å². The maximum absolute atomic E-state index is 10.9. The SMILES string of the molecule is COC(=O)C#Cc1ccc2ncnc(Cl)c2c1. The summed E-state index contributed by atoms with van der Waals surface area (Å²) in [5, 5.41) is 1.06. The van der Waals surface area contributed by atoms with E-state index in [4.69, 9.17) is 11.6 Å². The number of benzene rings is 1. The molecule has 0 bridgehead atoms. The molecule has 84 valence electrons. The largest absolute Gasteiger partial charge is 0.459 e. The van der Waals surface area contributed by atoms with Crippen molar-refractivity contribution in [2.45, 2.75) is 0 Å². The van der Waals surface area contributed by atoms with Crippen molar-refractivity contribution in [2.24, 2.45) is 0 Å². The molecule has 2 aromatic rings. The Hall–Kier alpha value is -2.12. The zero-order valence-corrected chi connectivity index (χ0v) is 9.65. The number of fused-ring (bicyclic) bond motifs is 1. The highest BCUT2D eigenvalue weighted by Crippen LogP contribution is 2.19. The summed E-state index contributed by atoms with van der Waals surface area (Å²) < 4.78 is 4.42. The molecule has 17 heavy (non-hydrogen) atoms. The van der Waals surface area contributed by atoms with Gasteiger partial charge in [-0.1, -0.05) is 17.5 Å². The van der Waals surface area contributed by atoms with Gasteiger partial charge in [-0.25, -0.2) is 14.8 Å². The van der Waals surface area contributed by atoms with E-state index in [9.17, 15) is 4.79 Å². The van der Waals surface area contributed by atoms with Crippen LogP contribution in [0.5, 0.6) is 0 Å². The predicted molar refractivity (Wildman–Crippen MR) is 63.4 cm³/mol. The first-order valence-corrected chi connectivity index (χ1v) is 5.09. The molecule has 1 aromatic heterocycles. The normalized spacial score (nSPS) is 9.53. The van der Waals surface area contributed by atoms with Crippen molar-refractivity contribution in [3.05, 3.63) is 35.2 Å². The van der Waals surface area contributed by atoms with Crippen LogP contribution in [-0.4, -0.2) is 23.0 Å². The second-order valence-electron chi connectivity index (χ2n) is 3.14. The molecule has 4 nitrogen and oxygen atoms in total. The molecule has 0 aliphatic rings. The zero-order chi connectivity index (χ0) is 12.3. The van der Waals surface area contributed by atoms with Crippen LogP contribution in [0.2, 0.25) is 5.15 Å². The average Bonchev–Trinajstić information content (AvgIpc) is 2.36. The number of hydrogen-bond acceptors (Lipinski definition) is 4. The molecule has 1 heterocycles. The summed E-state index contributed by atoms with van der Waals surface area (Å²) in [6.07, 6.45) is 1.39. The monoisotopic (exact) mass is 246 g/mol. The summed E-state index contributed by atoms with van der Waals surface area (Å²) in [5.74, 6) is 4.43. The maximum Gasteiger partial charge on any atom is 0.384 e. The summed E-state index contributed by atoms with van der Waals surface area (Å²) in [6, 6.07) is 5.25. The molecule has 0 aliphatic carbocycles. The Morgan fingerprint density at radius 3 is 3.00 bits per heavy atom. The number of aromatic nitrogens is 2. The molecule has 0 saturated carbocycles. The van der Waals surface area contributed by atoms with Gasteiger partial charge < -0.3 is 4.74 Å². The average molecular weight is 247 g/mol. The van der Waals surface area contributed by atoms with Crippen LogP contribution in [0.1, 0.15) is 5.56 Å². The quantitative estimate of drug-likeness (QED) is 0.404. The minimum absolute atomic E-state index is 0.358. The van der Waals surface area contributed by atoms with Crippen molar-refractivity contribution in [2.75, 3.05) is 7.11 Å². The van der Waals surface area contributed by atoms with E-state index in [1.165, 1.54) is 13.4 Å². The first kappa shape index (κ1) is 11.4. The fourth-order valence-corrected chi connectivity index (χ4v) is 1.47. The molecular formula is C12H7ClN2O2. The van der Waals surface area contributed by atoms with Crippen LogP contribution in [0, 0.1) is 11.8 Å². The lowest BCUT2D eigenvalue weighted by atomic mass is 10.1. The Balaban J connectivity index is 2.47. The Labute approximate surface area is 103 Å². The van der Waals surface area contributed by atoms with E-state index in [1.54, 1.807) is 18.2 Å². The second kappa shape index (κ2) is 4.81. The number of carbonyl (C=O) groups excluding carboxylic acids is 1. The van der Waals surface area contributed by atoms with Crippen molar-refractivity contribution in [3.8, 4) is 11.8 Å². The van der Waals surface area contributed by atoms with Crippen LogP contribution in [-0.2, 0) is 9.53 Å². The molecule has 5 heteroatoms. The van der Waals surface area contributed by atoms with Crippen molar-refractivity contribution in [1.82, 2.24) is 9.97 Å². The molecule has 0 N–H and O–H groups in total. The van der Waals surface area contributed by atoms with E-state index in [0.29, 0.717) is 16.1 Å². The van der Waals surface area contributed by atoms with E-state index in [1.807, 2.05) is 0 Å². The van der Waals surface area contributed by atoms with Crippen LogP contribution in [0.25, 0.3) is 10.9 Å². The standard InChI is InChI=1S/C12H7ClN2O2/c1-17-11(16)5-3-8-2-4-10-9(6-8)12(13)15-7-14-10/h2,4,6-7H,1H3. The molecule has 0 radical (unpaired) electrons. The first-order chi connectivity index (χ1) is 8.20. The smallest absolute Gasteiger partial charge is 0.384 e. The van der Waals surface area contributed by atoms with Gasteiger partial charge in [-0.3, -0.25) is 0 Å². The van der Waals surface area contributed by atoms with E-state index in [0.717, 1.165) is 5.52 Å². The fraction of sp³-hybridized carbons (Fsp3) is 0.0833. The Bertz CT molecular complexity index is 644. The lowest BCUT2D eigenvalue weighted by Crippen LogP contribution is -1.94. The number of carbonyl (C=O) groups is 1. The van der Waals surface area contributed by atoms with Crippen LogP contribution in [0.3, 0.4) is 0 Å². The molecule has 2 rings (SSSR count). The van der Waals surface area contributed by atoms with E-state index < -0.39 is 5.97 Å². The van der Waals surface area contributed by atoms with Crippen molar-refractivity contribution >= 4 is 28.5 Å². The molecule has 0 fully saturated rings. The fourth-order valence-electron chi connectivity index (χ4n) is 1.28. The molecule has 0 atom stereocenters. The van der Waals surface area contributed by atoms with Crippen LogP contribution < -0.4 is 0 Å². The predicted octanol–water partition coefficient (Wildman–Crippen LogP) is 1.81. The lowest BCUT2D eigenvalue weighted by Gasteiger charge is -1.98. The highest BCUT2D eigenvalue weighted by molar-refractivity contribution is 6.34. The highest BCUT2D eigenvalue weighted by atomic mass is 35.5. The minimum atomic E-state index is -0.583. The van der Waals surface area contributed by atoms with Gasteiger partial charge >= 0.3 is 5.97 Å². The van der Waals surface area contributed by atoms with E-state index in [2.05, 4.69) is 26.5 Å². The third-order valence-electron chi connectivity index (χ3n) is 2.08. The first-order valence-electron chi connectivity index (χ1n) is 4.71. The van der Waals surface area contributed by atoms with Crippen molar-refractivity contribution in [3.63, 3.8) is 0 Å². The number of nitrogens with zero attached hydrogens (tertiary/aromatic N) is 2. The van der Waals surface area contributed by atoms with Crippen molar-refractivity contribution < 1.29 is 9.53 Å². The Morgan fingerprint density at radius 1 is 1.41 bits per heavy atom. The molecule has 0 saturated heterocycles. The second-order valence-corrected chi connectivity index (χ2v) is 3.50. The summed E-state index contributed by atoms with van der Waals surface area (Å²) in [6.45, 7) is 0. The summed E-state index contributed by atoms with van der Waals surface area (Å²) in [7, 11) is 1.28. The van der Waals surface area contributed by atoms with Gasteiger partial charge in [-0.05, 0) is 18.2 Å². The third kappa shape index (κ3) is 2.52.